The Balaban J connectivity index is 2.13. The third-order valence-electron chi connectivity index (χ3n) is 1.88. The number of halogens is 2. The summed E-state index contributed by atoms with van der Waals surface area (Å²) in [6, 6.07) is 0.0775. The van der Waals surface area contributed by atoms with Crippen LogP contribution in [0.3, 0.4) is 0 Å². The second-order valence-corrected chi connectivity index (χ2v) is 2.77. The molecule has 1 aliphatic heterocycles. The minimum atomic E-state index is -2.14. The summed E-state index contributed by atoms with van der Waals surface area (Å²) in [5, 5.41) is 3.07. The van der Waals surface area contributed by atoms with Crippen LogP contribution in [0.4, 0.5) is 8.78 Å². The van der Waals surface area contributed by atoms with Gasteiger partial charge in [0.2, 0.25) is 6.43 Å². The van der Waals surface area contributed by atoms with E-state index in [-0.39, 0.29) is 12.5 Å². The molecule has 0 aromatic carbocycles. The third kappa shape index (κ3) is 2.60. The Kier molecular flexibility index (Phi) is 3.06. The third-order valence-corrected chi connectivity index (χ3v) is 1.88. The molecule has 10 heavy (non-hydrogen) atoms. The van der Waals surface area contributed by atoms with Crippen molar-refractivity contribution in [1.29, 1.82) is 0 Å². The number of hydrogen-bond acceptors (Lipinski definition) is 1. The lowest BCUT2D eigenvalue weighted by Gasteiger charge is -2.22. The van der Waals surface area contributed by atoms with Crippen molar-refractivity contribution >= 4 is 0 Å². The van der Waals surface area contributed by atoms with Gasteiger partial charge in [-0.1, -0.05) is 6.42 Å². The van der Waals surface area contributed by atoms with Crippen LogP contribution in [0.2, 0.25) is 0 Å². The molecule has 1 rings (SSSR count). The second-order valence-electron chi connectivity index (χ2n) is 2.77. The molecular weight excluding hydrogens is 136 g/mol. The highest BCUT2D eigenvalue weighted by molar-refractivity contribution is 4.72. The van der Waals surface area contributed by atoms with Crippen LogP contribution >= 0.6 is 0 Å². The first-order valence-electron chi connectivity index (χ1n) is 3.80. The van der Waals surface area contributed by atoms with Gasteiger partial charge in [0.15, 0.2) is 0 Å². The van der Waals surface area contributed by atoms with Crippen molar-refractivity contribution < 1.29 is 8.78 Å². The molecule has 1 unspecified atom stereocenters. The van der Waals surface area contributed by atoms with Gasteiger partial charge >= 0.3 is 0 Å². The van der Waals surface area contributed by atoms with Gasteiger partial charge in [0.25, 0.3) is 0 Å². The van der Waals surface area contributed by atoms with Crippen LogP contribution in [-0.4, -0.2) is 19.0 Å². The van der Waals surface area contributed by atoms with E-state index in [9.17, 15) is 8.78 Å². The van der Waals surface area contributed by atoms with E-state index in [4.69, 9.17) is 0 Å². The maximum Gasteiger partial charge on any atom is 0.240 e. The van der Waals surface area contributed by atoms with Crippen LogP contribution in [-0.2, 0) is 0 Å². The van der Waals surface area contributed by atoms with Gasteiger partial charge in [-0.15, -0.1) is 0 Å². The monoisotopic (exact) mass is 149 g/mol. The smallest absolute Gasteiger partial charge is 0.240 e. The van der Waals surface area contributed by atoms with Crippen molar-refractivity contribution in [2.75, 3.05) is 6.54 Å². The van der Waals surface area contributed by atoms with Gasteiger partial charge in [-0.25, -0.2) is 8.78 Å². The molecule has 1 N–H and O–H groups in total. The maximum absolute atomic E-state index is 11.8. The summed E-state index contributed by atoms with van der Waals surface area (Å²) in [5.74, 6) is 0. The van der Waals surface area contributed by atoms with Gasteiger partial charge in [0.1, 0.15) is 0 Å². The number of nitrogens with one attached hydrogen (secondary N) is 1. The Hall–Kier alpha value is -0.180. The minimum Gasteiger partial charge on any atom is -0.314 e. The van der Waals surface area contributed by atoms with Gasteiger partial charge < -0.3 is 5.32 Å². The average molecular weight is 149 g/mol. The molecule has 0 saturated carbocycles. The lowest BCUT2D eigenvalue weighted by molar-refractivity contribution is 0.116. The number of alkyl halides is 2. The molecule has 1 nitrogen and oxygen atoms in total. The molecule has 0 spiro atoms. The first-order chi connectivity index (χ1) is 4.79. The molecule has 1 saturated heterocycles. The van der Waals surface area contributed by atoms with Crippen molar-refractivity contribution in [2.45, 2.75) is 38.2 Å². The predicted octanol–water partition coefficient (Wildman–Crippen LogP) is 1.78. The maximum atomic E-state index is 11.8. The zero-order chi connectivity index (χ0) is 7.40. The minimum absolute atomic E-state index is 0.0278. The van der Waals surface area contributed by atoms with E-state index in [1.165, 1.54) is 0 Å². The Morgan fingerprint density at radius 2 is 2.20 bits per heavy atom. The SMILES string of the molecule is FC(F)CC1CCCCN1. The second kappa shape index (κ2) is 3.86. The van der Waals surface area contributed by atoms with E-state index in [0.29, 0.717) is 0 Å². The summed E-state index contributed by atoms with van der Waals surface area (Å²) < 4.78 is 23.6. The van der Waals surface area contributed by atoms with Gasteiger partial charge in [0, 0.05) is 12.5 Å². The van der Waals surface area contributed by atoms with Crippen LogP contribution < -0.4 is 5.32 Å². The molecule has 1 atom stereocenters. The van der Waals surface area contributed by atoms with Crippen LogP contribution in [0.5, 0.6) is 0 Å². The molecule has 1 fully saturated rings. The van der Waals surface area contributed by atoms with Gasteiger partial charge in [-0.2, -0.15) is 0 Å². The molecular formula is C7H13F2N. The van der Waals surface area contributed by atoms with Crippen LogP contribution in [0.15, 0.2) is 0 Å². The van der Waals surface area contributed by atoms with E-state index in [1.807, 2.05) is 0 Å². The fraction of sp³-hybridized carbons (Fsp3) is 1.00. The zero-order valence-corrected chi connectivity index (χ0v) is 5.95. The molecule has 0 aliphatic carbocycles. The quantitative estimate of drug-likeness (QED) is 0.631. The molecule has 1 aliphatic rings. The van der Waals surface area contributed by atoms with Crippen LogP contribution in [0, 0.1) is 0 Å². The fourth-order valence-electron chi connectivity index (χ4n) is 1.34. The Morgan fingerprint density at radius 1 is 1.40 bits per heavy atom. The largest absolute Gasteiger partial charge is 0.314 e. The van der Waals surface area contributed by atoms with E-state index in [2.05, 4.69) is 5.32 Å². The first-order valence-corrected chi connectivity index (χ1v) is 3.80. The molecule has 0 bridgehead atoms. The van der Waals surface area contributed by atoms with Crippen molar-refractivity contribution in [3.05, 3.63) is 0 Å². The number of piperidine rings is 1. The molecule has 1 heterocycles. The van der Waals surface area contributed by atoms with Gasteiger partial charge in [-0.3, -0.25) is 0 Å². The zero-order valence-electron chi connectivity index (χ0n) is 5.95. The summed E-state index contributed by atoms with van der Waals surface area (Å²) in [4.78, 5) is 0. The van der Waals surface area contributed by atoms with Crippen LogP contribution in [0.25, 0.3) is 0 Å². The van der Waals surface area contributed by atoms with E-state index in [0.717, 1.165) is 25.8 Å². The van der Waals surface area contributed by atoms with E-state index in [1.54, 1.807) is 0 Å². The standard InChI is InChI=1S/C7H13F2N/c8-7(9)5-6-3-1-2-4-10-6/h6-7,10H,1-5H2. The Morgan fingerprint density at radius 3 is 2.70 bits per heavy atom. The predicted molar refractivity (Wildman–Crippen MR) is 36.3 cm³/mol. The molecule has 3 heteroatoms. The molecule has 0 amide bonds. The summed E-state index contributed by atoms with van der Waals surface area (Å²) in [6.45, 7) is 0.914. The van der Waals surface area contributed by atoms with Crippen molar-refractivity contribution in [3.8, 4) is 0 Å². The topological polar surface area (TPSA) is 12.0 Å². The van der Waals surface area contributed by atoms with Crippen molar-refractivity contribution in [2.24, 2.45) is 0 Å². The van der Waals surface area contributed by atoms with E-state index >= 15 is 0 Å². The molecule has 0 radical (unpaired) electrons. The summed E-state index contributed by atoms with van der Waals surface area (Å²) in [7, 11) is 0. The average Bonchev–Trinajstić information content (AvgIpc) is 1.88. The lowest BCUT2D eigenvalue weighted by atomic mass is 10.0. The van der Waals surface area contributed by atoms with Crippen LogP contribution in [0.1, 0.15) is 25.7 Å². The van der Waals surface area contributed by atoms with Gasteiger partial charge in [0.05, 0.1) is 0 Å². The summed E-state index contributed by atoms with van der Waals surface area (Å²) in [5.41, 5.74) is 0. The van der Waals surface area contributed by atoms with Gasteiger partial charge in [-0.05, 0) is 19.4 Å². The molecule has 0 aromatic rings. The lowest BCUT2D eigenvalue weighted by Crippen LogP contribution is -2.35. The summed E-state index contributed by atoms with van der Waals surface area (Å²) >= 11 is 0. The Labute approximate surface area is 59.8 Å². The highest BCUT2D eigenvalue weighted by atomic mass is 19.3. The highest BCUT2D eigenvalue weighted by Crippen LogP contribution is 2.13. The fourth-order valence-corrected chi connectivity index (χ4v) is 1.34. The van der Waals surface area contributed by atoms with Crippen molar-refractivity contribution in [3.63, 3.8) is 0 Å². The Bertz CT molecular complexity index is 89.6. The number of rotatable bonds is 2. The number of hydrogen-bond donors (Lipinski definition) is 1. The molecule has 0 aromatic heterocycles. The van der Waals surface area contributed by atoms with E-state index < -0.39 is 6.43 Å². The normalized spacial score (nSPS) is 27.3. The molecule has 60 valence electrons. The summed E-state index contributed by atoms with van der Waals surface area (Å²) in [6.07, 6.45) is 1.05. The highest BCUT2D eigenvalue weighted by Gasteiger charge is 2.16. The first kappa shape index (κ1) is 7.92. The van der Waals surface area contributed by atoms with Crippen molar-refractivity contribution in [1.82, 2.24) is 5.32 Å².